The summed E-state index contributed by atoms with van der Waals surface area (Å²) >= 11 is 0. The van der Waals surface area contributed by atoms with Gasteiger partial charge in [-0.25, -0.2) is 21.9 Å². The fourth-order valence-corrected chi connectivity index (χ4v) is 2.35. The van der Waals surface area contributed by atoms with E-state index in [0.717, 1.165) is 25.1 Å². The second kappa shape index (κ2) is 6.77. The number of hydrogen-bond donors (Lipinski definition) is 2. The Labute approximate surface area is 105 Å². The van der Waals surface area contributed by atoms with Crippen molar-refractivity contribution in [3.63, 3.8) is 0 Å². The third-order valence-electron chi connectivity index (χ3n) is 2.22. The molecule has 1 aromatic rings. The lowest BCUT2D eigenvalue weighted by Gasteiger charge is -2.07. The summed E-state index contributed by atoms with van der Waals surface area (Å²) in [5.74, 6) is -2.25. The van der Waals surface area contributed by atoms with E-state index < -0.39 is 21.7 Å². The third-order valence-corrected chi connectivity index (χ3v) is 3.68. The molecular formula is C11H16F2N2O2S. The van der Waals surface area contributed by atoms with Crippen LogP contribution >= 0.6 is 0 Å². The average molecular weight is 278 g/mol. The van der Waals surface area contributed by atoms with Crippen molar-refractivity contribution in [3.8, 4) is 0 Å². The van der Waals surface area contributed by atoms with Gasteiger partial charge in [0.25, 0.3) is 0 Å². The van der Waals surface area contributed by atoms with Crippen LogP contribution in [0.15, 0.2) is 23.1 Å². The first-order valence-corrected chi connectivity index (χ1v) is 7.11. The van der Waals surface area contributed by atoms with Gasteiger partial charge in [-0.3, -0.25) is 0 Å². The molecule has 0 radical (unpaired) electrons. The van der Waals surface area contributed by atoms with Crippen molar-refractivity contribution in [3.05, 3.63) is 29.8 Å². The van der Waals surface area contributed by atoms with Crippen LogP contribution in [0.4, 0.5) is 8.78 Å². The second-order valence-electron chi connectivity index (χ2n) is 3.72. The van der Waals surface area contributed by atoms with E-state index in [4.69, 9.17) is 0 Å². The summed E-state index contributed by atoms with van der Waals surface area (Å²) in [7, 11) is -3.78. The fraction of sp³-hybridized carbons (Fsp3) is 0.455. The van der Waals surface area contributed by atoms with Gasteiger partial charge in [-0.05, 0) is 31.2 Å². The minimum atomic E-state index is -3.78. The molecule has 0 spiro atoms. The monoisotopic (exact) mass is 278 g/mol. The van der Waals surface area contributed by atoms with Gasteiger partial charge in [0.2, 0.25) is 10.0 Å². The number of hydrogen-bond acceptors (Lipinski definition) is 3. The number of halogens is 2. The van der Waals surface area contributed by atoms with Gasteiger partial charge in [0, 0.05) is 13.1 Å². The van der Waals surface area contributed by atoms with Crippen molar-refractivity contribution in [2.45, 2.75) is 18.2 Å². The smallest absolute Gasteiger partial charge is 0.240 e. The van der Waals surface area contributed by atoms with Crippen molar-refractivity contribution in [2.75, 3.05) is 19.6 Å². The lowest BCUT2D eigenvalue weighted by Crippen LogP contribution is -2.32. The van der Waals surface area contributed by atoms with Crippen LogP contribution in [0.3, 0.4) is 0 Å². The van der Waals surface area contributed by atoms with Gasteiger partial charge in [0.1, 0.15) is 0 Å². The topological polar surface area (TPSA) is 58.2 Å². The van der Waals surface area contributed by atoms with Crippen LogP contribution in [0.2, 0.25) is 0 Å². The lowest BCUT2D eigenvalue weighted by atomic mass is 10.3. The molecule has 0 aromatic heterocycles. The minimum absolute atomic E-state index is 0.196. The Bertz CT molecular complexity index is 492. The third kappa shape index (κ3) is 4.32. The van der Waals surface area contributed by atoms with E-state index in [2.05, 4.69) is 10.0 Å². The molecular weight excluding hydrogens is 262 g/mol. The molecule has 0 fully saturated rings. The molecule has 18 heavy (non-hydrogen) atoms. The summed E-state index contributed by atoms with van der Waals surface area (Å²) in [6.45, 7) is 3.48. The first-order chi connectivity index (χ1) is 8.47. The van der Waals surface area contributed by atoms with Crippen LogP contribution < -0.4 is 10.0 Å². The summed E-state index contributed by atoms with van der Waals surface area (Å²) in [4.78, 5) is -0.281. The molecule has 0 amide bonds. The minimum Gasteiger partial charge on any atom is -0.315 e. The van der Waals surface area contributed by atoms with E-state index in [1.165, 1.54) is 0 Å². The van der Waals surface area contributed by atoms with Crippen molar-refractivity contribution in [1.82, 2.24) is 10.0 Å². The largest absolute Gasteiger partial charge is 0.315 e. The number of benzene rings is 1. The molecule has 0 unspecified atom stereocenters. The Hall–Kier alpha value is -1.05. The van der Waals surface area contributed by atoms with Gasteiger partial charge >= 0.3 is 0 Å². The van der Waals surface area contributed by atoms with Gasteiger partial charge in [-0.2, -0.15) is 0 Å². The number of nitrogens with one attached hydrogen (secondary N) is 2. The molecule has 0 bridgehead atoms. The van der Waals surface area contributed by atoms with E-state index in [-0.39, 0.29) is 11.4 Å². The highest BCUT2D eigenvalue weighted by atomic mass is 32.2. The van der Waals surface area contributed by atoms with Crippen molar-refractivity contribution >= 4 is 10.0 Å². The van der Waals surface area contributed by atoms with E-state index in [9.17, 15) is 17.2 Å². The highest BCUT2D eigenvalue weighted by Gasteiger charge is 2.15. The van der Waals surface area contributed by atoms with Gasteiger partial charge in [-0.1, -0.05) is 6.92 Å². The van der Waals surface area contributed by atoms with Crippen LogP contribution in [0, 0.1) is 11.6 Å². The Morgan fingerprint density at radius 2 is 1.83 bits per heavy atom. The van der Waals surface area contributed by atoms with E-state index in [1.54, 1.807) is 0 Å². The highest BCUT2D eigenvalue weighted by molar-refractivity contribution is 7.89. The first-order valence-electron chi connectivity index (χ1n) is 5.63. The van der Waals surface area contributed by atoms with Gasteiger partial charge in [0.05, 0.1) is 4.90 Å². The van der Waals surface area contributed by atoms with Crippen molar-refractivity contribution in [2.24, 2.45) is 0 Å². The van der Waals surface area contributed by atoms with Crippen molar-refractivity contribution in [1.29, 1.82) is 0 Å². The second-order valence-corrected chi connectivity index (χ2v) is 5.49. The van der Waals surface area contributed by atoms with Gasteiger partial charge in [-0.15, -0.1) is 0 Å². The maximum atomic E-state index is 12.9. The molecule has 2 N–H and O–H groups in total. The Morgan fingerprint density at radius 1 is 1.11 bits per heavy atom. The zero-order valence-corrected chi connectivity index (χ0v) is 10.9. The normalized spacial score (nSPS) is 11.7. The van der Waals surface area contributed by atoms with Crippen LogP contribution in [-0.4, -0.2) is 28.1 Å². The van der Waals surface area contributed by atoms with Gasteiger partial charge < -0.3 is 5.32 Å². The lowest BCUT2D eigenvalue weighted by molar-refractivity contribution is 0.504. The van der Waals surface area contributed by atoms with Crippen LogP contribution in [-0.2, 0) is 10.0 Å². The van der Waals surface area contributed by atoms with E-state index >= 15 is 0 Å². The van der Waals surface area contributed by atoms with Crippen LogP contribution in [0.25, 0.3) is 0 Å². The molecule has 1 rings (SSSR count). The van der Waals surface area contributed by atoms with E-state index in [1.807, 2.05) is 6.92 Å². The molecule has 0 atom stereocenters. The molecule has 0 aliphatic carbocycles. The summed E-state index contributed by atoms with van der Waals surface area (Å²) in [6, 6.07) is 2.48. The predicted molar refractivity (Wildman–Crippen MR) is 64.7 cm³/mol. The molecule has 0 heterocycles. The van der Waals surface area contributed by atoms with Gasteiger partial charge in [0.15, 0.2) is 11.6 Å². The summed E-state index contributed by atoms with van der Waals surface area (Å²) < 4.78 is 51.3. The van der Waals surface area contributed by atoms with E-state index in [0.29, 0.717) is 12.6 Å². The zero-order valence-electron chi connectivity index (χ0n) is 10.0. The standard InChI is InChI=1S/C11H16F2N2O2S/c1-2-5-14-6-7-15-18(16,17)9-3-4-10(12)11(13)8-9/h3-4,8,14-15H,2,5-7H2,1H3. The number of rotatable bonds is 7. The first kappa shape index (κ1) is 15.0. The predicted octanol–water partition coefficient (Wildman–Crippen LogP) is 1.24. The molecule has 0 aliphatic heterocycles. The summed E-state index contributed by atoms with van der Waals surface area (Å²) in [6.07, 6.45) is 0.954. The maximum absolute atomic E-state index is 12.9. The quantitative estimate of drug-likeness (QED) is 0.738. The molecule has 0 saturated carbocycles. The molecule has 7 heteroatoms. The highest BCUT2D eigenvalue weighted by Crippen LogP contribution is 2.13. The molecule has 102 valence electrons. The van der Waals surface area contributed by atoms with Crippen LogP contribution in [0.1, 0.15) is 13.3 Å². The number of sulfonamides is 1. The molecule has 1 aromatic carbocycles. The van der Waals surface area contributed by atoms with Crippen molar-refractivity contribution < 1.29 is 17.2 Å². The van der Waals surface area contributed by atoms with Crippen LogP contribution in [0.5, 0.6) is 0 Å². The zero-order chi connectivity index (χ0) is 13.6. The molecule has 4 nitrogen and oxygen atoms in total. The summed E-state index contributed by atoms with van der Waals surface area (Å²) in [5.41, 5.74) is 0. The Kier molecular flexibility index (Phi) is 5.64. The maximum Gasteiger partial charge on any atom is 0.240 e. The molecule has 0 saturated heterocycles. The summed E-state index contributed by atoms with van der Waals surface area (Å²) in [5, 5.41) is 3.02. The molecule has 0 aliphatic rings. The average Bonchev–Trinajstić information content (AvgIpc) is 2.32. The SMILES string of the molecule is CCCNCCNS(=O)(=O)c1ccc(F)c(F)c1. The fourth-order valence-electron chi connectivity index (χ4n) is 1.30. The Morgan fingerprint density at radius 3 is 2.44 bits per heavy atom. The Balaban J connectivity index is 2.60.